The summed E-state index contributed by atoms with van der Waals surface area (Å²) in [6.07, 6.45) is 2.22. The van der Waals surface area contributed by atoms with E-state index in [0.29, 0.717) is 28.4 Å². The normalized spacial score (nSPS) is 11.9. The van der Waals surface area contributed by atoms with Gasteiger partial charge in [-0.05, 0) is 85.1 Å². The molecule has 0 saturated heterocycles. The maximum absolute atomic E-state index is 13.4. The average Bonchev–Trinajstić information content (AvgIpc) is 2.99. The number of carbonyl (C=O) groups is 3. The number of amides is 3. The second-order valence-electron chi connectivity index (χ2n) is 9.37. The molecule has 4 aromatic carbocycles. The zero-order valence-corrected chi connectivity index (χ0v) is 26.1. The molecule has 0 aliphatic carbocycles. The van der Waals surface area contributed by atoms with Gasteiger partial charge >= 0.3 is 0 Å². The Bertz CT molecular complexity index is 1610. The number of aryl methyl sites for hydroxylation is 1. The molecule has 1 atom stereocenters. The van der Waals surface area contributed by atoms with E-state index >= 15 is 0 Å². The molecule has 0 fully saturated rings. The van der Waals surface area contributed by atoms with Gasteiger partial charge in [0, 0.05) is 31.3 Å². The van der Waals surface area contributed by atoms with Gasteiger partial charge in [-0.1, -0.05) is 76.9 Å². The highest BCUT2D eigenvalue weighted by Crippen LogP contribution is 2.30. The Labute approximate surface area is 263 Å². The van der Waals surface area contributed by atoms with Crippen LogP contribution in [0.5, 0.6) is 0 Å². The van der Waals surface area contributed by atoms with E-state index in [1.807, 2.05) is 62.4 Å². The molecule has 0 aliphatic rings. The molecule has 4 aromatic rings. The third kappa shape index (κ3) is 8.82. The van der Waals surface area contributed by atoms with Gasteiger partial charge in [0.2, 0.25) is 5.91 Å². The summed E-state index contributed by atoms with van der Waals surface area (Å²) >= 11 is 10.9. The number of hydrogen-bond acceptors (Lipinski definition) is 4. The van der Waals surface area contributed by atoms with Crippen LogP contribution in [-0.4, -0.2) is 23.0 Å². The van der Waals surface area contributed by atoms with Gasteiger partial charge in [0.15, 0.2) is 0 Å². The summed E-state index contributed by atoms with van der Waals surface area (Å²) in [7, 11) is 0. The lowest BCUT2D eigenvalue weighted by Crippen LogP contribution is -2.30. The Morgan fingerprint density at radius 3 is 2.36 bits per heavy atom. The van der Waals surface area contributed by atoms with Crippen LogP contribution in [0.1, 0.15) is 34.8 Å². The van der Waals surface area contributed by atoms with Crippen molar-refractivity contribution in [2.75, 3.05) is 10.6 Å². The quantitative estimate of drug-likeness (QED) is 0.118. The number of anilines is 2. The first-order valence-electron chi connectivity index (χ1n) is 13.2. The van der Waals surface area contributed by atoms with E-state index in [4.69, 9.17) is 11.6 Å². The lowest BCUT2D eigenvalue weighted by Gasteiger charge is -2.17. The monoisotopic (exact) mass is 661 g/mol. The fourth-order valence-electron chi connectivity index (χ4n) is 3.94. The van der Waals surface area contributed by atoms with Crippen molar-refractivity contribution in [1.82, 2.24) is 5.32 Å². The minimum Gasteiger partial charge on any atom is -0.325 e. The van der Waals surface area contributed by atoms with E-state index in [2.05, 4.69) is 31.9 Å². The number of benzene rings is 4. The fourth-order valence-corrected chi connectivity index (χ4v) is 5.39. The molecule has 0 saturated carbocycles. The Balaban J connectivity index is 1.50. The van der Waals surface area contributed by atoms with Crippen LogP contribution in [-0.2, 0) is 9.59 Å². The van der Waals surface area contributed by atoms with Crippen molar-refractivity contribution in [1.29, 1.82) is 0 Å². The smallest absolute Gasteiger partial charge is 0.272 e. The van der Waals surface area contributed by atoms with Crippen molar-refractivity contribution in [3.05, 3.63) is 129 Å². The maximum atomic E-state index is 13.4. The third-order valence-corrected chi connectivity index (χ3v) is 8.32. The summed E-state index contributed by atoms with van der Waals surface area (Å²) in [4.78, 5) is 40.2. The molecule has 3 amide bonds. The standard InChI is InChI=1S/C33H29BrClN3O3S/c1-3-30(33(41)37-28-19-25(35)17-12-21(28)2)42-27-11-7-10-26(20-27)36-32(40)29(18-22-13-15-24(34)16-14-22)38-31(39)23-8-5-4-6-9-23/h4-20,30H,3H2,1-2H3,(H,36,40)(H,37,41)(H,38,39)/b29-18+. The number of thioether (sulfide) groups is 1. The van der Waals surface area contributed by atoms with Gasteiger partial charge in [-0.25, -0.2) is 0 Å². The van der Waals surface area contributed by atoms with Gasteiger partial charge in [0.05, 0.1) is 5.25 Å². The highest BCUT2D eigenvalue weighted by atomic mass is 79.9. The first-order valence-corrected chi connectivity index (χ1v) is 15.3. The molecule has 3 N–H and O–H groups in total. The van der Waals surface area contributed by atoms with Gasteiger partial charge < -0.3 is 16.0 Å². The van der Waals surface area contributed by atoms with Crippen LogP contribution in [0.25, 0.3) is 6.08 Å². The Kier molecular flexibility index (Phi) is 11.0. The van der Waals surface area contributed by atoms with Crippen LogP contribution >= 0.6 is 39.3 Å². The molecule has 0 aromatic heterocycles. The summed E-state index contributed by atoms with van der Waals surface area (Å²) in [5.74, 6) is -1.01. The maximum Gasteiger partial charge on any atom is 0.272 e. The molecule has 0 bridgehead atoms. The molecule has 0 aliphatic heterocycles. The summed E-state index contributed by atoms with van der Waals surface area (Å²) in [5, 5.41) is 8.79. The number of rotatable bonds is 10. The molecule has 4 rings (SSSR count). The molecule has 0 spiro atoms. The summed E-state index contributed by atoms with van der Waals surface area (Å²) in [6.45, 7) is 3.86. The number of carbonyl (C=O) groups excluding carboxylic acids is 3. The zero-order valence-electron chi connectivity index (χ0n) is 23.0. The summed E-state index contributed by atoms with van der Waals surface area (Å²) in [6, 6.07) is 28.7. The molecule has 42 heavy (non-hydrogen) atoms. The molecule has 9 heteroatoms. The van der Waals surface area contributed by atoms with Crippen LogP contribution in [0.15, 0.2) is 112 Å². The van der Waals surface area contributed by atoms with Crippen molar-refractivity contribution >= 4 is 74.5 Å². The predicted molar refractivity (Wildman–Crippen MR) is 176 cm³/mol. The van der Waals surface area contributed by atoms with Crippen molar-refractivity contribution < 1.29 is 14.4 Å². The average molecular weight is 663 g/mol. The molecule has 6 nitrogen and oxygen atoms in total. The molecule has 0 radical (unpaired) electrons. The fraction of sp³-hybridized carbons (Fsp3) is 0.121. The van der Waals surface area contributed by atoms with E-state index in [1.54, 1.807) is 54.6 Å². The summed E-state index contributed by atoms with van der Waals surface area (Å²) < 4.78 is 0.898. The highest BCUT2D eigenvalue weighted by molar-refractivity contribution is 9.10. The predicted octanol–water partition coefficient (Wildman–Crippen LogP) is 8.33. The van der Waals surface area contributed by atoms with Crippen LogP contribution in [0.3, 0.4) is 0 Å². The van der Waals surface area contributed by atoms with Crippen LogP contribution in [0.2, 0.25) is 5.02 Å². The second kappa shape index (κ2) is 14.9. The van der Waals surface area contributed by atoms with Crippen molar-refractivity contribution in [2.24, 2.45) is 0 Å². The highest BCUT2D eigenvalue weighted by Gasteiger charge is 2.20. The number of nitrogens with one attached hydrogen (secondary N) is 3. The second-order valence-corrected chi connectivity index (χ2v) is 12.0. The molecule has 214 valence electrons. The van der Waals surface area contributed by atoms with Crippen molar-refractivity contribution in [3.8, 4) is 0 Å². The number of halogens is 2. The van der Waals surface area contributed by atoms with Crippen LogP contribution < -0.4 is 16.0 Å². The first-order chi connectivity index (χ1) is 20.2. The van der Waals surface area contributed by atoms with E-state index in [1.165, 1.54) is 11.8 Å². The summed E-state index contributed by atoms with van der Waals surface area (Å²) in [5.41, 5.74) is 3.39. The SMILES string of the molecule is CCC(Sc1cccc(NC(=O)/C(=C\c2ccc(Br)cc2)NC(=O)c2ccccc2)c1)C(=O)Nc1cc(Cl)ccc1C. The number of hydrogen-bond donors (Lipinski definition) is 3. The topological polar surface area (TPSA) is 87.3 Å². The van der Waals surface area contributed by atoms with Crippen LogP contribution in [0.4, 0.5) is 11.4 Å². The van der Waals surface area contributed by atoms with Crippen molar-refractivity contribution in [3.63, 3.8) is 0 Å². The lowest BCUT2D eigenvalue weighted by molar-refractivity contribution is -0.116. The van der Waals surface area contributed by atoms with Gasteiger partial charge in [-0.15, -0.1) is 11.8 Å². The molecule has 1 unspecified atom stereocenters. The van der Waals surface area contributed by atoms with Crippen LogP contribution in [0, 0.1) is 6.92 Å². The van der Waals surface area contributed by atoms with E-state index < -0.39 is 11.8 Å². The van der Waals surface area contributed by atoms with E-state index in [-0.39, 0.29) is 16.9 Å². The van der Waals surface area contributed by atoms with E-state index in [9.17, 15) is 14.4 Å². The zero-order chi connectivity index (χ0) is 30.1. The van der Waals surface area contributed by atoms with E-state index in [0.717, 1.165) is 20.5 Å². The van der Waals surface area contributed by atoms with Gasteiger partial charge in [-0.2, -0.15) is 0 Å². The van der Waals surface area contributed by atoms with Gasteiger partial charge in [0.1, 0.15) is 5.70 Å². The molecular formula is C33H29BrClN3O3S. The lowest BCUT2D eigenvalue weighted by atomic mass is 10.1. The largest absolute Gasteiger partial charge is 0.325 e. The third-order valence-electron chi connectivity index (χ3n) is 6.20. The minimum atomic E-state index is -0.481. The Morgan fingerprint density at radius 2 is 1.64 bits per heavy atom. The van der Waals surface area contributed by atoms with Gasteiger partial charge in [0.25, 0.3) is 11.8 Å². The molecular weight excluding hydrogens is 634 g/mol. The first kappa shape index (κ1) is 31.1. The molecule has 0 heterocycles. The Hall–Kier alpha value is -3.85. The van der Waals surface area contributed by atoms with Crippen molar-refractivity contribution in [2.45, 2.75) is 30.4 Å². The minimum absolute atomic E-state index is 0.0898. The Morgan fingerprint density at radius 1 is 0.905 bits per heavy atom. The van der Waals surface area contributed by atoms with Gasteiger partial charge in [-0.3, -0.25) is 14.4 Å².